The monoisotopic (exact) mass is 310 g/mol. The quantitative estimate of drug-likeness (QED) is 0.837. The lowest BCUT2D eigenvalue weighted by Gasteiger charge is -2.35. The van der Waals surface area contributed by atoms with Gasteiger partial charge in [0.1, 0.15) is 0 Å². The molecule has 1 unspecified atom stereocenters. The van der Waals surface area contributed by atoms with Crippen LogP contribution in [0.2, 0.25) is 0 Å². The van der Waals surface area contributed by atoms with Crippen molar-refractivity contribution in [1.82, 2.24) is 15.2 Å². The Morgan fingerprint density at radius 2 is 2.29 bits per heavy atom. The number of rotatable bonds is 6. The SMILES string of the molecule is Cc1nc(C)c(CN2CCCCC2CNC(=O)CCN)s1. The highest BCUT2D eigenvalue weighted by Crippen LogP contribution is 2.24. The van der Waals surface area contributed by atoms with Crippen molar-refractivity contribution in [2.24, 2.45) is 5.73 Å². The van der Waals surface area contributed by atoms with Crippen molar-refractivity contribution >= 4 is 17.2 Å². The molecule has 1 aromatic rings. The fraction of sp³-hybridized carbons (Fsp3) is 0.733. The van der Waals surface area contributed by atoms with Gasteiger partial charge < -0.3 is 11.1 Å². The first kappa shape index (κ1) is 16.4. The van der Waals surface area contributed by atoms with E-state index in [1.807, 2.05) is 0 Å². The summed E-state index contributed by atoms with van der Waals surface area (Å²) in [6.07, 6.45) is 4.05. The summed E-state index contributed by atoms with van der Waals surface area (Å²) in [5.41, 5.74) is 6.56. The molecule has 1 atom stereocenters. The zero-order chi connectivity index (χ0) is 15.2. The first-order valence-electron chi connectivity index (χ1n) is 7.74. The van der Waals surface area contributed by atoms with Crippen LogP contribution in [0.25, 0.3) is 0 Å². The number of hydrogen-bond acceptors (Lipinski definition) is 5. The van der Waals surface area contributed by atoms with Gasteiger partial charge in [-0.3, -0.25) is 9.69 Å². The van der Waals surface area contributed by atoms with E-state index in [4.69, 9.17) is 5.73 Å². The average Bonchev–Trinajstić information content (AvgIpc) is 2.76. The van der Waals surface area contributed by atoms with Crippen LogP contribution in [0.5, 0.6) is 0 Å². The largest absolute Gasteiger partial charge is 0.354 e. The molecule has 118 valence electrons. The van der Waals surface area contributed by atoms with E-state index in [9.17, 15) is 4.79 Å². The van der Waals surface area contributed by atoms with E-state index in [1.165, 1.54) is 17.7 Å². The third-order valence-corrected chi connectivity index (χ3v) is 5.06. The van der Waals surface area contributed by atoms with Gasteiger partial charge in [0.25, 0.3) is 0 Å². The van der Waals surface area contributed by atoms with Crippen molar-refractivity contribution in [2.45, 2.75) is 52.1 Å². The maximum absolute atomic E-state index is 11.6. The minimum Gasteiger partial charge on any atom is -0.354 e. The molecule has 1 aliphatic rings. The van der Waals surface area contributed by atoms with Gasteiger partial charge in [0.2, 0.25) is 5.91 Å². The van der Waals surface area contributed by atoms with Crippen LogP contribution in [0, 0.1) is 13.8 Å². The van der Waals surface area contributed by atoms with E-state index in [-0.39, 0.29) is 5.91 Å². The zero-order valence-electron chi connectivity index (χ0n) is 13.0. The molecule has 5 nitrogen and oxygen atoms in total. The van der Waals surface area contributed by atoms with Gasteiger partial charge in [-0.1, -0.05) is 6.42 Å². The standard InChI is InChI=1S/C15H26N4OS/c1-11-14(21-12(2)18-11)10-19-8-4-3-5-13(19)9-17-15(20)6-7-16/h13H,3-10,16H2,1-2H3,(H,17,20). The van der Waals surface area contributed by atoms with Gasteiger partial charge in [0.15, 0.2) is 0 Å². The second-order valence-corrected chi connectivity index (χ2v) is 6.99. The fourth-order valence-electron chi connectivity index (χ4n) is 2.86. The number of nitrogens with two attached hydrogens (primary N) is 1. The highest BCUT2D eigenvalue weighted by molar-refractivity contribution is 7.11. The summed E-state index contributed by atoms with van der Waals surface area (Å²) in [7, 11) is 0. The minimum atomic E-state index is 0.0628. The second kappa shape index (κ2) is 7.87. The number of likely N-dealkylation sites (tertiary alicyclic amines) is 1. The summed E-state index contributed by atoms with van der Waals surface area (Å²) in [5.74, 6) is 0.0628. The van der Waals surface area contributed by atoms with E-state index in [0.29, 0.717) is 19.0 Å². The Morgan fingerprint density at radius 3 is 2.95 bits per heavy atom. The molecule has 6 heteroatoms. The first-order chi connectivity index (χ1) is 10.1. The third-order valence-electron chi connectivity index (χ3n) is 4.00. The van der Waals surface area contributed by atoms with Crippen molar-refractivity contribution in [3.8, 4) is 0 Å². The molecule has 1 aliphatic heterocycles. The van der Waals surface area contributed by atoms with Crippen LogP contribution in [0.15, 0.2) is 0 Å². The van der Waals surface area contributed by atoms with Gasteiger partial charge in [-0.05, 0) is 33.2 Å². The molecule has 1 amide bonds. The summed E-state index contributed by atoms with van der Waals surface area (Å²) in [5, 5.41) is 4.15. The molecular formula is C15H26N4OS. The highest BCUT2D eigenvalue weighted by Gasteiger charge is 2.24. The lowest BCUT2D eigenvalue weighted by Crippen LogP contribution is -2.46. The predicted octanol–water partition coefficient (Wildman–Crippen LogP) is 1.58. The van der Waals surface area contributed by atoms with Crippen molar-refractivity contribution in [3.05, 3.63) is 15.6 Å². The maximum atomic E-state index is 11.6. The number of thiazole rings is 1. The normalized spacial score (nSPS) is 19.7. The van der Waals surface area contributed by atoms with Gasteiger partial charge in [0, 0.05) is 37.0 Å². The van der Waals surface area contributed by atoms with Gasteiger partial charge >= 0.3 is 0 Å². The predicted molar refractivity (Wildman–Crippen MR) is 86.3 cm³/mol. The van der Waals surface area contributed by atoms with E-state index in [2.05, 4.69) is 29.0 Å². The van der Waals surface area contributed by atoms with Crippen molar-refractivity contribution in [1.29, 1.82) is 0 Å². The van der Waals surface area contributed by atoms with Gasteiger partial charge in [-0.2, -0.15) is 0 Å². The Morgan fingerprint density at radius 1 is 1.48 bits per heavy atom. The van der Waals surface area contributed by atoms with Crippen LogP contribution in [-0.4, -0.2) is 41.5 Å². The molecule has 0 aromatic carbocycles. The molecule has 2 heterocycles. The lowest BCUT2D eigenvalue weighted by atomic mass is 10.0. The van der Waals surface area contributed by atoms with Crippen LogP contribution >= 0.6 is 11.3 Å². The number of piperidine rings is 1. The van der Waals surface area contributed by atoms with Gasteiger partial charge in [-0.15, -0.1) is 11.3 Å². The number of amides is 1. The molecule has 0 aliphatic carbocycles. The Balaban J connectivity index is 1.92. The highest BCUT2D eigenvalue weighted by atomic mass is 32.1. The number of nitrogens with zero attached hydrogens (tertiary/aromatic N) is 2. The van der Waals surface area contributed by atoms with Crippen molar-refractivity contribution in [2.75, 3.05) is 19.6 Å². The zero-order valence-corrected chi connectivity index (χ0v) is 13.8. The van der Waals surface area contributed by atoms with E-state index >= 15 is 0 Å². The molecule has 0 radical (unpaired) electrons. The molecule has 1 aromatic heterocycles. The fourth-order valence-corrected chi connectivity index (χ4v) is 3.82. The second-order valence-electron chi connectivity index (χ2n) is 5.70. The number of carbonyl (C=O) groups is 1. The van der Waals surface area contributed by atoms with Crippen LogP contribution in [0.3, 0.4) is 0 Å². The molecule has 0 saturated carbocycles. The third kappa shape index (κ3) is 4.76. The minimum absolute atomic E-state index is 0.0628. The maximum Gasteiger partial charge on any atom is 0.221 e. The summed E-state index contributed by atoms with van der Waals surface area (Å²) in [6.45, 7) is 7.35. The van der Waals surface area contributed by atoms with Crippen molar-refractivity contribution in [3.63, 3.8) is 0 Å². The number of aryl methyl sites for hydroxylation is 2. The van der Waals surface area contributed by atoms with Crippen LogP contribution < -0.4 is 11.1 Å². The van der Waals surface area contributed by atoms with E-state index in [0.717, 1.165) is 36.8 Å². The van der Waals surface area contributed by atoms with Crippen molar-refractivity contribution < 1.29 is 4.79 Å². The molecule has 21 heavy (non-hydrogen) atoms. The van der Waals surface area contributed by atoms with Crippen LogP contribution in [0.4, 0.5) is 0 Å². The number of aromatic nitrogens is 1. The Kier molecular flexibility index (Phi) is 6.14. The number of hydrogen-bond donors (Lipinski definition) is 2. The molecular weight excluding hydrogens is 284 g/mol. The molecule has 1 fully saturated rings. The molecule has 0 spiro atoms. The van der Waals surface area contributed by atoms with Gasteiger partial charge in [-0.25, -0.2) is 4.98 Å². The molecule has 3 N–H and O–H groups in total. The first-order valence-corrected chi connectivity index (χ1v) is 8.55. The van der Waals surface area contributed by atoms with Crippen LogP contribution in [0.1, 0.15) is 41.3 Å². The Labute approximate surface area is 130 Å². The van der Waals surface area contributed by atoms with Gasteiger partial charge in [0.05, 0.1) is 10.7 Å². The summed E-state index contributed by atoms with van der Waals surface area (Å²) >= 11 is 1.79. The average molecular weight is 310 g/mol. The lowest BCUT2D eigenvalue weighted by molar-refractivity contribution is -0.121. The topological polar surface area (TPSA) is 71.2 Å². The summed E-state index contributed by atoms with van der Waals surface area (Å²) in [4.78, 5) is 19.9. The van der Waals surface area contributed by atoms with E-state index < -0.39 is 0 Å². The van der Waals surface area contributed by atoms with Crippen LogP contribution in [-0.2, 0) is 11.3 Å². The van der Waals surface area contributed by atoms with E-state index in [1.54, 1.807) is 11.3 Å². The smallest absolute Gasteiger partial charge is 0.221 e. The Hall–Kier alpha value is -0.980. The number of nitrogens with one attached hydrogen (secondary N) is 1. The molecule has 1 saturated heterocycles. The molecule has 0 bridgehead atoms. The molecule has 2 rings (SSSR count). The Bertz CT molecular complexity index is 474. The summed E-state index contributed by atoms with van der Waals surface area (Å²) in [6, 6.07) is 0.433. The number of carbonyl (C=O) groups excluding carboxylic acids is 1. The summed E-state index contributed by atoms with van der Waals surface area (Å²) < 4.78 is 0.